The van der Waals surface area contributed by atoms with Crippen molar-refractivity contribution in [3.63, 3.8) is 0 Å². The zero-order valence-corrected chi connectivity index (χ0v) is 15.2. The molecule has 0 saturated carbocycles. The van der Waals surface area contributed by atoms with Gasteiger partial charge in [-0.3, -0.25) is 4.79 Å². The molecule has 0 saturated heterocycles. The first-order valence-corrected chi connectivity index (χ1v) is 8.78. The third-order valence-electron chi connectivity index (χ3n) is 4.73. The average Bonchev–Trinajstić information content (AvgIpc) is 2.72. The first-order chi connectivity index (χ1) is 13.5. The lowest BCUT2D eigenvalue weighted by Crippen LogP contribution is -2.37. The standard InChI is InChI=1S/C21H17F2N3O2/c1-28-16-5-2-13(3-6-16)20-24-11-14-12-26(9-8-19(14)25-20)21(27)17-7-4-15(22)10-18(17)23/h2-7,10-11H,8-9,12H2,1H3. The molecule has 0 spiro atoms. The quantitative estimate of drug-likeness (QED) is 0.695. The van der Waals surface area contributed by atoms with Crippen LogP contribution in [0.25, 0.3) is 11.4 Å². The van der Waals surface area contributed by atoms with E-state index in [0.29, 0.717) is 18.8 Å². The second kappa shape index (κ2) is 7.34. The third-order valence-corrected chi connectivity index (χ3v) is 4.73. The van der Waals surface area contributed by atoms with Crippen LogP contribution < -0.4 is 4.74 Å². The molecule has 0 fully saturated rings. The van der Waals surface area contributed by atoms with Gasteiger partial charge in [-0.05, 0) is 36.4 Å². The summed E-state index contributed by atoms with van der Waals surface area (Å²) in [7, 11) is 1.61. The van der Waals surface area contributed by atoms with Crippen molar-refractivity contribution in [2.24, 2.45) is 0 Å². The fourth-order valence-electron chi connectivity index (χ4n) is 3.20. The van der Waals surface area contributed by atoms with E-state index in [1.165, 1.54) is 11.0 Å². The van der Waals surface area contributed by atoms with Crippen LogP contribution in [0.1, 0.15) is 21.6 Å². The molecule has 0 aliphatic carbocycles. The maximum atomic E-state index is 13.9. The highest BCUT2D eigenvalue weighted by molar-refractivity contribution is 5.94. The largest absolute Gasteiger partial charge is 0.497 e. The van der Waals surface area contributed by atoms with Gasteiger partial charge in [0.05, 0.1) is 18.4 Å². The Labute approximate surface area is 160 Å². The molecular formula is C21H17F2N3O2. The predicted octanol–water partition coefficient (Wildman–Crippen LogP) is 3.63. The average molecular weight is 381 g/mol. The zero-order chi connectivity index (χ0) is 19.7. The molecule has 5 nitrogen and oxygen atoms in total. The van der Waals surface area contributed by atoms with Crippen LogP contribution in [0.2, 0.25) is 0 Å². The molecule has 1 aliphatic rings. The van der Waals surface area contributed by atoms with Crippen LogP contribution in [0.4, 0.5) is 8.78 Å². The SMILES string of the molecule is COc1ccc(-c2ncc3c(n2)CCN(C(=O)c2ccc(F)cc2F)C3)cc1. The lowest BCUT2D eigenvalue weighted by Gasteiger charge is -2.28. The lowest BCUT2D eigenvalue weighted by molar-refractivity contribution is 0.0728. The molecule has 3 aromatic rings. The lowest BCUT2D eigenvalue weighted by atomic mass is 10.0. The Morgan fingerprint density at radius 3 is 2.64 bits per heavy atom. The van der Waals surface area contributed by atoms with Gasteiger partial charge in [0.15, 0.2) is 5.82 Å². The van der Waals surface area contributed by atoms with Crippen molar-refractivity contribution in [1.82, 2.24) is 14.9 Å². The Morgan fingerprint density at radius 2 is 1.93 bits per heavy atom. The first-order valence-electron chi connectivity index (χ1n) is 8.78. The summed E-state index contributed by atoms with van der Waals surface area (Å²) in [4.78, 5) is 23.1. The highest BCUT2D eigenvalue weighted by atomic mass is 19.1. The summed E-state index contributed by atoms with van der Waals surface area (Å²) in [6.45, 7) is 0.690. The van der Waals surface area contributed by atoms with Crippen LogP contribution in [0.3, 0.4) is 0 Å². The van der Waals surface area contributed by atoms with Crippen molar-refractivity contribution in [2.75, 3.05) is 13.7 Å². The Balaban J connectivity index is 1.55. The molecule has 2 heterocycles. The van der Waals surface area contributed by atoms with Crippen LogP contribution in [-0.2, 0) is 13.0 Å². The number of aromatic nitrogens is 2. The van der Waals surface area contributed by atoms with Gasteiger partial charge in [-0.1, -0.05) is 0 Å². The number of halogens is 2. The number of hydrogen-bond acceptors (Lipinski definition) is 4. The normalized spacial score (nSPS) is 13.2. The number of benzene rings is 2. The summed E-state index contributed by atoms with van der Waals surface area (Å²) < 4.78 is 32.2. The second-order valence-corrected chi connectivity index (χ2v) is 6.49. The highest BCUT2D eigenvalue weighted by Crippen LogP contribution is 2.24. The van der Waals surface area contributed by atoms with Gasteiger partial charge in [0.25, 0.3) is 5.91 Å². The number of methoxy groups -OCH3 is 1. The second-order valence-electron chi connectivity index (χ2n) is 6.49. The smallest absolute Gasteiger partial charge is 0.257 e. The van der Waals surface area contributed by atoms with Gasteiger partial charge >= 0.3 is 0 Å². The van der Waals surface area contributed by atoms with Crippen LogP contribution >= 0.6 is 0 Å². The molecule has 0 bridgehead atoms. The Bertz CT molecular complexity index is 1040. The Kier molecular flexibility index (Phi) is 4.73. The number of carbonyl (C=O) groups is 1. The van der Waals surface area contributed by atoms with E-state index < -0.39 is 17.5 Å². The van der Waals surface area contributed by atoms with Crippen LogP contribution in [0, 0.1) is 11.6 Å². The van der Waals surface area contributed by atoms with Crippen molar-refractivity contribution in [2.45, 2.75) is 13.0 Å². The summed E-state index contributed by atoms with van der Waals surface area (Å²) >= 11 is 0. The van der Waals surface area contributed by atoms with E-state index in [9.17, 15) is 13.6 Å². The van der Waals surface area contributed by atoms with Gasteiger partial charge in [-0.2, -0.15) is 0 Å². The van der Waals surface area contributed by atoms with Gasteiger partial charge in [0, 0.05) is 42.9 Å². The molecule has 1 amide bonds. The maximum Gasteiger partial charge on any atom is 0.257 e. The first kappa shape index (κ1) is 18.0. The zero-order valence-electron chi connectivity index (χ0n) is 15.2. The number of nitrogens with zero attached hydrogens (tertiary/aromatic N) is 3. The van der Waals surface area contributed by atoms with E-state index in [1.54, 1.807) is 13.3 Å². The Hall–Kier alpha value is -3.35. The van der Waals surface area contributed by atoms with E-state index >= 15 is 0 Å². The summed E-state index contributed by atoms with van der Waals surface area (Å²) in [6.07, 6.45) is 2.23. The number of ether oxygens (including phenoxy) is 1. The van der Waals surface area contributed by atoms with Crippen molar-refractivity contribution < 1.29 is 18.3 Å². The molecule has 28 heavy (non-hydrogen) atoms. The van der Waals surface area contributed by atoms with E-state index in [-0.39, 0.29) is 12.1 Å². The van der Waals surface area contributed by atoms with Gasteiger partial charge in [0.1, 0.15) is 17.4 Å². The fraction of sp³-hybridized carbons (Fsp3) is 0.190. The number of amides is 1. The third kappa shape index (κ3) is 3.43. The minimum atomic E-state index is -0.859. The maximum absolute atomic E-state index is 13.9. The molecule has 0 N–H and O–H groups in total. The van der Waals surface area contributed by atoms with Crippen molar-refractivity contribution in [3.8, 4) is 17.1 Å². The number of hydrogen-bond donors (Lipinski definition) is 0. The Morgan fingerprint density at radius 1 is 1.14 bits per heavy atom. The topological polar surface area (TPSA) is 55.3 Å². The molecule has 4 rings (SSSR count). The van der Waals surface area contributed by atoms with E-state index in [1.807, 2.05) is 24.3 Å². The van der Waals surface area contributed by atoms with Gasteiger partial charge in [-0.15, -0.1) is 0 Å². The van der Waals surface area contributed by atoms with Crippen molar-refractivity contribution in [3.05, 3.63) is 77.1 Å². The summed E-state index contributed by atoms with van der Waals surface area (Å²) in [5, 5.41) is 0. The number of fused-ring (bicyclic) bond motifs is 1. The summed E-state index contributed by atoms with van der Waals surface area (Å²) in [5.74, 6) is -0.684. The summed E-state index contributed by atoms with van der Waals surface area (Å²) in [5.41, 5.74) is 2.42. The molecule has 1 aliphatic heterocycles. The van der Waals surface area contributed by atoms with E-state index in [0.717, 1.165) is 34.7 Å². The molecule has 0 unspecified atom stereocenters. The van der Waals surface area contributed by atoms with Crippen molar-refractivity contribution >= 4 is 5.91 Å². The van der Waals surface area contributed by atoms with Crippen LogP contribution in [0.15, 0.2) is 48.7 Å². The van der Waals surface area contributed by atoms with Crippen LogP contribution in [0.5, 0.6) is 5.75 Å². The number of carbonyl (C=O) groups excluding carboxylic acids is 1. The fourth-order valence-corrected chi connectivity index (χ4v) is 3.20. The molecule has 0 radical (unpaired) electrons. The molecular weight excluding hydrogens is 364 g/mol. The molecule has 7 heteroatoms. The monoisotopic (exact) mass is 381 g/mol. The molecule has 1 aromatic heterocycles. The highest BCUT2D eigenvalue weighted by Gasteiger charge is 2.25. The number of rotatable bonds is 3. The van der Waals surface area contributed by atoms with Gasteiger partial charge in [-0.25, -0.2) is 18.7 Å². The van der Waals surface area contributed by atoms with E-state index in [2.05, 4.69) is 9.97 Å². The van der Waals surface area contributed by atoms with Crippen LogP contribution in [-0.4, -0.2) is 34.4 Å². The molecule has 2 aromatic carbocycles. The summed E-state index contributed by atoms with van der Waals surface area (Å²) in [6, 6.07) is 10.4. The molecule has 142 valence electrons. The molecule has 0 atom stereocenters. The van der Waals surface area contributed by atoms with E-state index in [4.69, 9.17) is 4.74 Å². The minimum absolute atomic E-state index is 0.138. The van der Waals surface area contributed by atoms with Gasteiger partial charge < -0.3 is 9.64 Å². The predicted molar refractivity (Wildman–Crippen MR) is 98.8 cm³/mol. The van der Waals surface area contributed by atoms with Crippen molar-refractivity contribution in [1.29, 1.82) is 0 Å². The minimum Gasteiger partial charge on any atom is -0.497 e. The van der Waals surface area contributed by atoms with Gasteiger partial charge in [0.2, 0.25) is 0 Å².